The number of nitriles is 1. The first-order valence-electron chi connectivity index (χ1n) is 11.0. The van der Waals surface area contributed by atoms with Crippen molar-refractivity contribution in [3.63, 3.8) is 0 Å². The van der Waals surface area contributed by atoms with E-state index in [0.29, 0.717) is 49.7 Å². The first-order valence-corrected chi connectivity index (χ1v) is 11.0. The van der Waals surface area contributed by atoms with E-state index in [1.807, 2.05) is 6.07 Å². The predicted molar refractivity (Wildman–Crippen MR) is 122 cm³/mol. The highest BCUT2D eigenvalue weighted by molar-refractivity contribution is 5.79. The van der Waals surface area contributed by atoms with Crippen molar-refractivity contribution in [1.82, 2.24) is 29.7 Å². The summed E-state index contributed by atoms with van der Waals surface area (Å²) in [5.41, 5.74) is 1.20. The molecule has 0 saturated carbocycles. The fourth-order valence-corrected chi connectivity index (χ4v) is 4.30. The van der Waals surface area contributed by atoms with Crippen LogP contribution in [0, 0.1) is 23.0 Å². The Morgan fingerprint density at radius 3 is 2.66 bits per heavy atom. The summed E-state index contributed by atoms with van der Waals surface area (Å²) in [6.45, 7) is 1.41. The molecule has 1 fully saturated rings. The molecule has 2 amide bonds. The second-order valence-corrected chi connectivity index (χ2v) is 8.25. The van der Waals surface area contributed by atoms with E-state index >= 15 is 0 Å². The van der Waals surface area contributed by atoms with Crippen molar-refractivity contribution in [2.24, 2.45) is 12.1 Å². The summed E-state index contributed by atoms with van der Waals surface area (Å²) in [7, 11) is 1.73. The van der Waals surface area contributed by atoms with Crippen molar-refractivity contribution in [3.05, 3.63) is 59.4 Å². The van der Waals surface area contributed by atoms with E-state index in [1.54, 1.807) is 39.9 Å². The Labute approximate surface area is 199 Å². The maximum atomic E-state index is 14.6. The molecule has 1 aromatic carbocycles. The lowest BCUT2D eigenvalue weighted by atomic mass is 10.0. The topological polar surface area (TPSA) is 107 Å². The fourth-order valence-electron chi connectivity index (χ4n) is 4.30. The van der Waals surface area contributed by atoms with Crippen molar-refractivity contribution in [2.45, 2.75) is 12.5 Å². The van der Waals surface area contributed by atoms with Crippen LogP contribution in [-0.4, -0.2) is 68.1 Å². The van der Waals surface area contributed by atoms with Crippen molar-refractivity contribution in [2.75, 3.05) is 31.1 Å². The number of rotatable bonds is 3. The van der Waals surface area contributed by atoms with Crippen molar-refractivity contribution in [3.8, 4) is 17.6 Å². The molecule has 1 saturated heterocycles. The average Bonchev–Trinajstić information content (AvgIpc) is 3.53. The van der Waals surface area contributed by atoms with Gasteiger partial charge in [0, 0.05) is 45.9 Å². The number of aryl methyl sites for hydroxylation is 1. The molecule has 2 aliphatic heterocycles. The summed E-state index contributed by atoms with van der Waals surface area (Å²) < 4.78 is 30.2. The number of pyridine rings is 1. The highest BCUT2D eigenvalue weighted by Crippen LogP contribution is 2.31. The highest BCUT2D eigenvalue weighted by atomic mass is 19.1. The van der Waals surface area contributed by atoms with Crippen LogP contribution in [0.2, 0.25) is 0 Å². The van der Waals surface area contributed by atoms with Crippen LogP contribution in [0.3, 0.4) is 0 Å². The SMILES string of the molecule is Cn1ncnc1-c1ccc(F)c(N2CCN(C(=O)N3N=CCC3c3cc(F)cc(C#N)c3)CC2)n1. The van der Waals surface area contributed by atoms with Crippen LogP contribution >= 0.6 is 0 Å². The highest BCUT2D eigenvalue weighted by Gasteiger charge is 2.34. The van der Waals surface area contributed by atoms with Crippen LogP contribution in [-0.2, 0) is 7.05 Å². The van der Waals surface area contributed by atoms with Gasteiger partial charge in [-0.2, -0.15) is 15.5 Å². The van der Waals surface area contributed by atoms with Gasteiger partial charge in [0.2, 0.25) is 0 Å². The third kappa shape index (κ3) is 4.28. The number of carbonyl (C=O) groups is 1. The van der Waals surface area contributed by atoms with Crippen LogP contribution < -0.4 is 4.90 Å². The molecule has 0 radical (unpaired) electrons. The number of piperazine rings is 1. The lowest BCUT2D eigenvalue weighted by Gasteiger charge is -2.37. The zero-order chi connectivity index (χ0) is 24.5. The molecule has 4 heterocycles. The molecule has 0 spiro atoms. The van der Waals surface area contributed by atoms with Gasteiger partial charge in [0.05, 0.1) is 17.7 Å². The Balaban J connectivity index is 1.29. The van der Waals surface area contributed by atoms with E-state index in [2.05, 4.69) is 20.2 Å². The quantitative estimate of drug-likeness (QED) is 0.574. The van der Waals surface area contributed by atoms with Crippen LogP contribution in [0.4, 0.5) is 19.4 Å². The smallest absolute Gasteiger partial charge is 0.341 e. The molecule has 1 atom stereocenters. The summed E-state index contributed by atoms with van der Waals surface area (Å²) in [6.07, 6.45) is 3.43. The first kappa shape index (κ1) is 22.4. The number of hydrazone groups is 1. The Bertz CT molecular complexity index is 1340. The van der Waals surface area contributed by atoms with Gasteiger partial charge in [-0.1, -0.05) is 0 Å². The van der Waals surface area contributed by atoms with Crippen LogP contribution in [0.1, 0.15) is 23.6 Å². The molecule has 0 aliphatic carbocycles. The van der Waals surface area contributed by atoms with E-state index in [-0.39, 0.29) is 17.4 Å². The zero-order valence-electron chi connectivity index (χ0n) is 18.8. The Morgan fingerprint density at radius 1 is 1.14 bits per heavy atom. The monoisotopic (exact) mass is 477 g/mol. The number of amides is 2. The number of urea groups is 1. The Kier molecular flexibility index (Phi) is 5.82. The van der Waals surface area contributed by atoms with Gasteiger partial charge in [-0.05, 0) is 35.9 Å². The van der Waals surface area contributed by atoms with Crippen LogP contribution in [0.25, 0.3) is 11.5 Å². The van der Waals surface area contributed by atoms with Crippen molar-refractivity contribution >= 4 is 18.1 Å². The molecule has 12 heteroatoms. The molecule has 2 aliphatic rings. The molecule has 0 bridgehead atoms. The minimum absolute atomic E-state index is 0.186. The van der Waals surface area contributed by atoms with Gasteiger partial charge in [0.1, 0.15) is 17.8 Å². The van der Waals surface area contributed by atoms with E-state index < -0.39 is 17.7 Å². The Hall–Kier alpha value is -4.40. The second kappa shape index (κ2) is 9.09. The largest absolute Gasteiger partial charge is 0.351 e. The molecular weight excluding hydrogens is 456 g/mol. The van der Waals surface area contributed by atoms with Gasteiger partial charge >= 0.3 is 6.03 Å². The number of halogens is 2. The normalized spacial score (nSPS) is 17.7. The molecule has 0 N–H and O–H groups in total. The summed E-state index contributed by atoms with van der Waals surface area (Å²) in [5.74, 6) is -0.280. The number of nitrogens with zero attached hydrogens (tertiary/aromatic N) is 9. The van der Waals surface area contributed by atoms with E-state index in [4.69, 9.17) is 5.26 Å². The number of aromatic nitrogens is 4. The second-order valence-electron chi connectivity index (χ2n) is 8.25. The van der Waals surface area contributed by atoms with Gasteiger partial charge in [0.15, 0.2) is 17.5 Å². The number of carbonyl (C=O) groups excluding carboxylic acids is 1. The van der Waals surface area contributed by atoms with Gasteiger partial charge in [-0.3, -0.25) is 0 Å². The summed E-state index contributed by atoms with van der Waals surface area (Å²) in [6, 6.07) is 8.05. The zero-order valence-corrected chi connectivity index (χ0v) is 18.8. The molecule has 3 aromatic rings. The summed E-state index contributed by atoms with van der Waals surface area (Å²) >= 11 is 0. The van der Waals surface area contributed by atoms with Gasteiger partial charge in [-0.15, -0.1) is 0 Å². The predicted octanol–water partition coefficient (Wildman–Crippen LogP) is 2.70. The molecule has 35 heavy (non-hydrogen) atoms. The minimum atomic E-state index is -0.537. The number of benzene rings is 1. The number of hydrogen-bond acceptors (Lipinski definition) is 7. The average molecular weight is 477 g/mol. The lowest BCUT2D eigenvalue weighted by molar-refractivity contribution is 0.139. The lowest BCUT2D eigenvalue weighted by Crippen LogP contribution is -2.52. The fraction of sp³-hybridized carbons (Fsp3) is 0.304. The van der Waals surface area contributed by atoms with Gasteiger partial charge in [-0.25, -0.2) is 33.2 Å². The Morgan fingerprint density at radius 2 is 1.94 bits per heavy atom. The van der Waals surface area contributed by atoms with E-state index in [0.717, 1.165) is 6.07 Å². The van der Waals surface area contributed by atoms with E-state index in [9.17, 15) is 13.6 Å². The first-order chi connectivity index (χ1) is 16.9. The summed E-state index contributed by atoms with van der Waals surface area (Å²) in [4.78, 5) is 25.3. The number of anilines is 1. The van der Waals surface area contributed by atoms with Crippen LogP contribution in [0.5, 0.6) is 0 Å². The molecule has 178 valence electrons. The summed E-state index contributed by atoms with van der Waals surface area (Å²) in [5, 5.41) is 18.7. The van der Waals surface area contributed by atoms with Crippen molar-refractivity contribution < 1.29 is 13.6 Å². The van der Waals surface area contributed by atoms with E-state index in [1.165, 1.54) is 23.5 Å². The number of hydrogen-bond donors (Lipinski definition) is 0. The molecule has 5 rings (SSSR count). The third-order valence-electron chi connectivity index (χ3n) is 6.08. The minimum Gasteiger partial charge on any atom is -0.351 e. The maximum absolute atomic E-state index is 14.6. The molecule has 10 nitrogen and oxygen atoms in total. The van der Waals surface area contributed by atoms with Gasteiger partial charge < -0.3 is 9.80 Å². The maximum Gasteiger partial charge on any atom is 0.341 e. The van der Waals surface area contributed by atoms with Crippen LogP contribution in [0.15, 0.2) is 41.8 Å². The van der Waals surface area contributed by atoms with Crippen molar-refractivity contribution in [1.29, 1.82) is 5.26 Å². The standard InChI is InChI=1S/C23H21F2N9O/c1-31-22(27-14-29-31)19-3-2-18(25)21(30-19)32-6-8-33(9-7-32)23(35)34-20(4-5-28-34)16-10-15(13-26)11-17(24)12-16/h2-3,5,10-12,14,20H,4,6-9H2,1H3. The molecule has 1 unspecified atom stereocenters. The molecular formula is C23H21F2N9O. The third-order valence-corrected chi connectivity index (χ3v) is 6.08. The molecule has 2 aromatic heterocycles. The van der Waals surface area contributed by atoms with Gasteiger partial charge in [0.25, 0.3) is 0 Å².